The number of methoxy groups -OCH3 is 1. The van der Waals surface area contributed by atoms with Gasteiger partial charge in [0, 0.05) is 23.9 Å². The molecule has 25 heavy (non-hydrogen) atoms. The fraction of sp³-hybridized carbons (Fsp3) is 0.632. The number of nitrogens with zero attached hydrogens (tertiary/aromatic N) is 2. The van der Waals surface area contributed by atoms with Gasteiger partial charge in [-0.3, -0.25) is 4.99 Å². The van der Waals surface area contributed by atoms with Crippen LogP contribution in [0.15, 0.2) is 29.3 Å². The van der Waals surface area contributed by atoms with Gasteiger partial charge in [-0.2, -0.15) is 11.8 Å². The van der Waals surface area contributed by atoms with E-state index in [2.05, 4.69) is 60.4 Å². The Bertz CT molecular complexity index is 544. The molecule has 140 valence electrons. The molecule has 1 fully saturated rings. The van der Waals surface area contributed by atoms with E-state index in [4.69, 9.17) is 9.73 Å². The number of benzene rings is 1. The fourth-order valence-corrected chi connectivity index (χ4v) is 4.22. The minimum absolute atomic E-state index is 0.174. The zero-order valence-corrected chi connectivity index (χ0v) is 16.7. The summed E-state index contributed by atoms with van der Waals surface area (Å²) in [6.45, 7) is 4.63. The van der Waals surface area contributed by atoms with Crippen molar-refractivity contribution in [1.82, 2.24) is 15.5 Å². The molecular formula is C19H32N4OS. The van der Waals surface area contributed by atoms with Crippen LogP contribution in [0, 0.1) is 0 Å². The van der Waals surface area contributed by atoms with Crippen molar-refractivity contribution in [3.8, 4) is 5.75 Å². The van der Waals surface area contributed by atoms with Gasteiger partial charge in [-0.1, -0.05) is 18.2 Å². The molecule has 1 heterocycles. The number of thioether (sulfide) groups is 1. The van der Waals surface area contributed by atoms with Crippen molar-refractivity contribution in [1.29, 1.82) is 0 Å². The van der Waals surface area contributed by atoms with Crippen LogP contribution >= 0.6 is 11.8 Å². The summed E-state index contributed by atoms with van der Waals surface area (Å²) in [7, 11) is 5.89. The Morgan fingerprint density at radius 3 is 2.80 bits per heavy atom. The first-order valence-electron chi connectivity index (χ1n) is 9.08. The zero-order valence-electron chi connectivity index (χ0n) is 15.9. The number of aliphatic imine (C=N–C) groups is 1. The van der Waals surface area contributed by atoms with E-state index in [1.54, 1.807) is 7.11 Å². The second kappa shape index (κ2) is 10.6. The Kier molecular flexibility index (Phi) is 8.41. The smallest absolute Gasteiger partial charge is 0.191 e. The highest BCUT2D eigenvalue weighted by Crippen LogP contribution is 2.28. The SMILES string of the molecule is CCNC(=NCC(c1ccccc1OC)N(C)C)NCC1CCCS1. The van der Waals surface area contributed by atoms with Crippen molar-refractivity contribution in [3.05, 3.63) is 29.8 Å². The van der Waals surface area contributed by atoms with Crippen LogP contribution in [0.1, 0.15) is 31.4 Å². The second-order valence-electron chi connectivity index (χ2n) is 6.46. The Morgan fingerprint density at radius 2 is 2.16 bits per heavy atom. The quantitative estimate of drug-likeness (QED) is 0.549. The van der Waals surface area contributed by atoms with Crippen molar-refractivity contribution in [2.75, 3.05) is 46.6 Å². The van der Waals surface area contributed by atoms with Crippen LogP contribution in [0.5, 0.6) is 5.75 Å². The molecule has 0 aliphatic carbocycles. The lowest BCUT2D eigenvalue weighted by Crippen LogP contribution is -2.40. The molecule has 0 spiro atoms. The van der Waals surface area contributed by atoms with Crippen molar-refractivity contribution in [3.63, 3.8) is 0 Å². The number of nitrogens with one attached hydrogen (secondary N) is 2. The van der Waals surface area contributed by atoms with Crippen LogP contribution in [-0.4, -0.2) is 62.7 Å². The third kappa shape index (κ3) is 6.12. The molecule has 2 rings (SSSR count). The number of para-hydroxylation sites is 1. The predicted octanol–water partition coefficient (Wildman–Crippen LogP) is 2.75. The van der Waals surface area contributed by atoms with E-state index in [0.29, 0.717) is 11.8 Å². The van der Waals surface area contributed by atoms with Gasteiger partial charge in [0.05, 0.1) is 19.7 Å². The van der Waals surface area contributed by atoms with Crippen LogP contribution in [-0.2, 0) is 0 Å². The van der Waals surface area contributed by atoms with Crippen LogP contribution in [0.25, 0.3) is 0 Å². The summed E-state index contributed by atoms with van der Waals surface area (Å²) in [5.41, 5.74) is 1.17. The zero-order chi connectivity index (χ0) is 18.1. The van der Waals surface area contributed by atoms with Crippen LogP contribution in [0.2, 0.25) is 0 Å². The first-order chi connectivity index (χ1) is 12.2. The number of rotatable bonds is 8. The van der Waals surface area contributed by atoms with E-state index in [0.717, 1.165) is 24.8 Å². The average Bonchev–Trinajstić information content (AvgIpc) is 3.13. The molecule has 0 radical (unpaired) electrons. The van der Waals surface area contributed by atoms with Crippen molar-refractivity contribution in [2.45, 2.75) is 31.1 Å². The highest BCUT2D eigenvalue weighted by Gasteiger charge is 2.19. The van der Waals surface area contributed by atoms with Gasteiger partial charge >= 0.3 is 0 Å². The number of hydrogen-bond donors (Lipinski definition) is 2. The molecule has 0 bridgehead atoms. The highest BCUT2D eigenvalue weighted by molar-refractivity contribution is 8.00. The number of hydrogen-bond acceptors (Lipinski definition) is 4. The van der Waals surface area contributed by atoms with Crippen LogP contribution in [0.4, 0.5) is 0 Å². The molecule has 0 aromatic heterocycles. The summed E-state index contributed by atoms with van der Waals surface area (Å²) < 4.78 is 5.54. The minimum Gasteiger partial charge on any atom is -0.496 e. The monoisotopic (exact) mass is 364 g/mol. The lowest BCUT2D eigenvalue weighted by Gasteiger charge is -2.25. The van der Waals surface area contributed by atoms with E-state index in [-0.39, 0.29) is 6.04 Å². The number of guanidine groups is 1. The van der Waals surface area contributed by atoms with Crippen molar-refractivity contribution < 1.29 is 4.74 Å². The predicted molar refractivity (Wildman–Crippen MR) is 109 cm³/mol. The topological polar surface area (TPSA) is 48.9 Å². The van der Waals surface area contributed by atoms with Crippen molar-refractivity contribution >= 4 is 17.7 Å². The molecule has 0 saturated carbocycles. The number of likely N-dealkylation sites (N-methyl/N-ethyl adjacent to an activating group) is 1. The lowest BCUT2D eigenvalue weighted by atomic mass is 10.0. The average molecular weight is 365 g/mol. The summed E-state index contributed by atoms with van der Waals surface area (Å²) in [4.78, 5) is 7.03. The molecule has 1 saturated heterocycles. The molecule has 1 aromatic carbocycles. The summed E-state index contributed by atoms with van der Waals surface area (Å²) in [5, 5.41) is 7.58. The second-order valence-corrected chi connectivity index (χ2v) is 7.87. The van der Waals surface area contributed by atoms with Crippen LogP contribution in [0.3, 0.4) is 0 Å². The van der Waals surface area contributed by atoms with E-state index in [1.807, 2.05) is 12.1 Å². The van der Waals surface area contributed by atoms with Crippen molar-refractivity contribution in [2.24, 2.45) is 4.99 Å². The Morgan fingerprint density at radius 1 is 1.36 bits per heavy atom. The summed E-state index contributed by atoms with van der Waals surface area (Å²) in [6.07, 6.45) is 2.64. The maximum Gasteiger partial charge on any atom is 0.191 e. The molecule has 1 aromatic rings. The molecule has 2 unspecified atom stereocenters. The maximum absolute atomic E-state index is 5.54. The molecule has 0 amide bonds. The van der Waals surface area contributed by atoms with Gasteiger partial charge < -0.3 is 20.3 Å². The van der Waals surface area contributed by atoms with Gasteiger partial charge in [0.25, 0.3) is 0 Å². The van der Waals surface area contributed by atoms with Gasteiger partial charge in [0.2, 0.25) is 0 Å². The maximum atomic E-state index is 5.54. The van der Waals surface area contributed by atoms with E-state index in [1.165, 1.54) is 24.2 Å². The molecule has 1 aliphatic rings. The largest absolute Gasteiger partial charge is 0.496 e. The number of ether oxygens (including phenoxy) is 1. The molecule has 5 nitrogen and oxygen atoms in total. The van der Waals surface area contributed by atoms with Gasteiger partial charge in [0.1, 0.15) is 5.75 Å². The lowest BCUT2D eigenvalue weighted by molar-refractivity contribution is 0.295. The Balaban J connectivity index is 2.05. The fourth-order valence-electron chi connectivity index (χ4n) is 3.02. The first kappa shape index (κ1) is 19.9. The van der Waals surface area contributed by atoms with Gasteiger partial charge in [0.15, 0.2) is 5.96 Å². The summed E-state index contributed by atoms with van der Waals surface area (Å²) in [6, 6.07) is 8.36. The van der Waals surface area contributed by atoms with Crippen LogP contribution < -0.4 is 15.4 Å². The third-order valence-corrected chi connectivity index (χ3v) is 5.81. The highest BCUT2D eigenvalue weighted by atomic mass is 32.2. The minimum atomic E-state index is 0.174. The van der Waals surface area contributed by atoms with Gasteiger partial charge in [-0.05, 0) is 45.7 Å². The van der Waals surface area contributed by atoms with Gasteiger partial charge in [-0.25, -0.2) is 0 Å². The third-order valence-electron chi connectivity index (χ3n) is 4.41. The van der Waals surface area contributed by atoms with E-state index < -0.39 is 0 Å². The first-order valence-corrected chi connectivity index (χ1v) is 10.1. The Labute approximate surface area is 156 Å². The normalized spacial score (nSPS) is 19.1. The molecule has 2 atom stereocenters. The summed E-state index contributed by atoms with van der Waals surface area (Å²) >= 11 is 2.06. The Hall–Kier alpha value is -1.40. The van der Waals surface area contributed by atoms with E-state index in [9.17, 15) is 0 Å². The summed E-state index contributed by atoms with van der Waals surface area (Å²) in [5.74, 6) is 3.10. The molecular weight excluding hydrogens is 332 g/mol. The molecule has 6 heteroatoms. The standard InChI is InChI=1S/C19H32N4OS/c1-5-20-19(21-13-15-9-8-12-25-15)22-14-17(23(2)3)16-10-6-7-11-18(16)24-4/h6-7,10-11,15,17H,5,8-9,12-14H2,1-4H3,(H2,20,21,22). The van der Waals surface area contributed by atoms with E-state index >= 15 is 0 Å². The van der Waals surface area contributed by atoms with Gasteiger partial charge in [-0.15, -0.1) is 0 Å². The molecule has 2 N–H and O–H groups in total. The molecule has 1 aliphatic heterocycles.